The van der Waals surface area contributed by atoms with Gasteiger partial charge in [0.2, 0.25) is 0 Å². The van der Waals surface area contributed by atoms with Gasteiger partial charge >= 0.3 is 6.18 Å². The lowest BCUT2D eigenvalue weighted by molar-refractivity contribution is -0.385. The molecule has 0 saturated carbocycles. The van der Waals surface area contributed by atoms with Gasteiger partial charge in [0.1, 0.15) is 0 Å². The smallest absolute Gasteiger partial charge is 0.316 e. The second kappa shape index (κ2) is 9.34. The Morgan fingerprint density at radius 2 is 1.55 bits per heavy atom. The molecule has 0 aliphatic rings. The van der Waals surface area contributed by atoms with E-state index in [1.165, 1.54) is 30.3 Å². The van der Waals surface area contributed by atoms with Gasteiger partial charge in [-0.2, -0.15) is 13.2 Å². The van der Waals surface area contributed by atoms with Crippen LogP contribution in [-0.4, -0.2) is 17.9 Å². The van der Waals surface area contributed by atoms with Crippen molar-refractivity contribution in [2.24, 2.45) is 0 Å². The van der Waals surface area contributed by atoms with Crippen molar-refractivity contribution in [3.8, 4) is 16.8 Å². The maximum atomic E-state index is 13.0. The van der Waals surface area contributed by atoms with Crippen molar-refractivity contribution in [2.45, 2.75) is 11.1 Å². The molecule has 5 rings (SSSR count). The fourth-order valence-electron chi connectivity index (χ4n) is 4.18. The van der Waals surface area contributed by atoms with E-state index in [0.717, 1.165) is 34.7 Å². The quantitative estimate of drug-likeness (QED) is 0.186. The number of halogens is 3. The standard InChI is InChI=1S/C27H18F3N3O4S/c28-27(29,30)19-12-10-18(11-13-19)24-8-3-9-26-25(24)14-15-32(26)21-5-1-4-20(16-21)31-38(36,37)23-7-2-6-22(17-23)33(34)35/h1-17,31H. The first-order valence-electron chi connectivity index (χ1n) is 11.2. The van der Waals surface area contributed by atoms with E-state index >= 15 is 0 Å². The van der Waals surface area contributed by atoms with Gasteiger partial charge in [-0.25, -0.2) is 8.42 Å². The minimum absolute atomic E-state index is 0.245. The van der Waals surface area contributed by atoms with Crippen LogP contribution in [0.3, 0.4) is 0 Å². The molecule has 4 aromatic carbocycles. The molecule has 0 radical (unpaired) electrons. The third-order valence-electron chi connectivity index (χ3n) is 5.97. The minimum Gasteiger partial charge on any atom is -0.316 e. The van der Waals surface area contributed by atoms with Crippen LogP contribution in [0.5, 0.6) is 0 Å². The summed E-state index contributed by atoms with van der Waals surface area (Å²) >= 11 is 0. The Kier molecular flexibility index (Phi) is 6.15. The Hall–Kier alpha value is -4.64. The van der Waals surface area contributed by atoms with E-state index in [9.17, 15) is 31.7 Å². The Labute approximate surface area is 215 Å². The molecule has 0 aliphatic heterocycles. The number of hydrogen-bond donors (Lipinski definition) is 1. The zero-order valence-electron chi connectivity index (χ0n) is 19.4. The summed E-state index contributed by atoms with van der Waals surface area (Å²) in [6.07, 6.45) is -2.64. The SMILES string of the molecule is O=[N+]([O-])c1cccc(S(=O)(=O)Nc2cccc(-n3ccc4c(-c5ccc(C(F)(F)F)cc5)cccc43)c2)c1. The van der Waals surface area contributed by atoms with Crippen molar-refractivity contribution in [3.05, 3.63) is 119 Å². The van der Waals surface area contributed by atoms with Crippen molar-refractivity contribution in [2.75, 3.05) is 4.72 Å². The van der Waals surface area contributed by atoms with Gasteiger partial charge in [-0.1, -0.05) is 36.4 Å². The van der Waals surface area contributed by atoms with Gasteiger partial charge in [-0.05, 0) is 59.7 Å². The van der Waals surface area contributed by atoms with E-state index in [-0.39, 0.29) is 16.3 Å². The summed E-state index contributed by atoms with van der Waals surface area (Å²) in [6.45, 7) is 0. The highest BCUT2D eigenvalue weighted by atomic mass is 32.2. The third-order valence-corrected chi connectivity index (χ3v) is 7.35. The molecule has 1 aromatic heterocycles. The number of fused-ring (bicyclic) bond motifs is 1. The molecular weight excluding hydrogens is 519 g/mol. The second-order valence-corrected chi connectivity index (χ2v) is 10.1. The van der Waals surface area contributed by atoms with Gasteiger partial charge in [0.05, 0.1) is 26.6 Å². The highest BCUT2D eigenvalue weighted by molar-refractivity contribution is 7.92. The first-order chi connectivity index (χ1) is 18.0. The number of non-ortho nitro benzene ring substituents is 1. The number of anilines is 1. The van der Waals surface area contributed by atoms with Crippen LogP contribution >= 0.6 is 0 Å². The number of nitrogens with zero attached hydrogens (tertiary/aromatic N) is 2. The lowest BCUT2D eigenvalue weighted by atomic mass is 10.0. The number of aromatic nitrogens is 1. The van der Waals surface area contributed by atoms with Crippen molar-refractivity contribution in [1.29, 1.82) is 0 Å². The molecule has 0 amide bonds. The summed E-state index contributed by atoms with van der Waals surface area (Å²) < 4.78 is 68.9. The van der Waals surface area contributed by atoms with Crippen LogP contribution in [0.2, 0.25) is 0 Å². The monoisotopic (exact) mass is 537 g/mol. The third kappa shape index (κ3) is 4.83. The molecule has 1 N–H and O–H groups in total. The van der Waals surface area contributed by atoms with Crippen LogP contribution in [0.1, 0.15) is 5.56 Å². The molecule has 5 aromatic rings. The number of nitrogens with one attached hydrogen (secondary N) is 1. The highest BCUT2D eigenvalue weighted by Crippen LogP contribution is 2.34. The molecular formula is C27H18F3N3O4S. The largest absolute Gasteiger partial charge is 0.416 e. The van der Waals surface area contributed by atoms with Crippen LogP contribution < -0.4 is 4.72 Å². The van der Waals surface area contributed by atoms with Gasteiger partial charge in [-0.15, -0.1) is 0 Å². The topological polar surface area (TPSA) is 94.2 Å². The molecule has 192 valence electrons. The van der Waals surface area contributed by atoms with Gasteiger partial charge in [0.15, 0.2) is 0 Å². The number of sulfonamides is 1. The molecule has 0 saturated heterocycles. The average molecular weight is 538 g/mol. The average Bonchev–Trinajstić information content (AvgIpc) is 3.33. The maximum Gasteiger partial charge on any atom is 0.416 e. The number of nitro benzene ring substituents is 1. The zero-order valence-corrected chi connectivity index (χ0v) is 20.2. The lowest BCUT2D eigenvalue weighted by Gasteiger charge is -2.12. The fourth-order valence-corrected chi connectivity index (χ4v) is 5.27. The summed E-state index contributed by atoms with van der Waals surface area (Å²) in [5.74, 6) is 0. The summed E-state index contributed by atoms with van der Waals surface area (Å²) in [5.41, 5.74) is 1.94. The number of hydrogen-bond acceptors (Lipinski definition) is 4. The van der Waals surface area contributed by atoms with Gasteiger partial charge in [0.25, 0.3) is 15.7 Å². The summed E-state index contributed by atoms with van der Waals surface area (Å²) in [7, 11) is -4.10. The van der Waals surface area contributed by atoms with Crippen LogP contribution in [0.15, 0.2) is 108 Å². The van der Waals surface area contributed by atoms with Crippen molar-refractivity contribution in [3.63, 3.8) is 0 Å². The van der Waals surface area contributed by atoms with Crippen molar-refractivity contribution >= 4 is 32.3 Å². The summed E-state index contributed by atoms with van der Waals surface area (Å²) in [6, 6.07) is 23.6. The molecule has 1 heterocycles. The summed E-state index contributed by atoms with van der Waals surface area (Å²) in [5, 5.41) is 11.8. The molecule has 0 spiro atoms. The Morgan fingerprint density at radius 1 is 0.842 bits per heavy atom. The Balaban J connectivity index is 1.48. The van der Waals surface area contributed by atoms with Crippen LogP contribution in [0.25, 0.3) is 27.7 Å². The molecule has 11 heteroatoms. The van der Waals surface area contributed by atoms with Gasteiger partial charge in [-0.3, -0.25) is 14.8 Å². The van der Waals surface area contributed by atoms with Crippen LogP contribution in [0, 0.1) is 10.1 Å². The first-order valence-corrected chi connectivity index (χ1v) is 12.7. The zero-order chi connectivity index (χ0) is 27.1. The van der Waals surface area contributed by atoms with Gasteiger partial charge < -0.3 is 4.57 Å². The van der Waals surface area contributed by atoms with E-state index in [1.807, 2.05) is 22.8 Å². The Bertz CT molecular complexity index is 1780. The van der Waals surface area contributed by atoms with Crippen molar-refractivity contribution < 1.29 is 26.5 Å². The predicted octanol–water partition coefficient (Wildman–Crippen LogP) is 7.03. The lowest BCUT2D eigenvalue weighted by Crippen LogP contribution is -2.13. The van der Waals surface area contributed by atoms with E-state index < -0.39 is 26.7 Å². The first kappa shape index (κ1) is 25.0. The molecule has 0 fully saturated rings. The number of rotatable bonds is 6. The van der Waals surface area contributed by atoms with E-state index in [2.05, 4.69) is 4.72 Å². The second-order valence-electron chi connectivity index (χ2n) is 8.41. The molecule has 7 nitrogen and oxygen atoms in total. The van der Waals surface area contributed by atoms with E-state index in [0.29, 0.717) is 11.3 Å². The van der Waals surface area contributed by atoms with Gasteiger partial charge in [0, 0.05) is 29.4 Å². The Morgan fingerprint density at radius 3 is 2.26 bits per heavy atom. The molecule has 0 bridgehead atoms. The van der Waals surface area contributed by atoms with E-state index in [4.69, 9.17) is 0 Å². The van der Waals surface area contributed by atoms with Crippen LogP contribution in [-0.2, 0) is 16.2 Å². The van der Waals surface area contributed by atoms with E-state index in [1.54, 1.807) is 36.5 Å². The summed E-state index contributed by atoms with van der Waals surface area (Å²) in [4.78, 5) is 10.1. The molecule has 0 atom stereocenters. The highest BCUT2D eigenvalue weighted by Gasteiger charge is 2.30. The molecule has 0 aliphatic carbocycles. The number of benzene rings is 4. The van der Waals surface area contributed by atoms with Crippen LogP contribution in [0.4, 0.5) is 24.5 Å². The fraction of sp³-hybridized carbons (Fsp3) is 0.0370. The molecule has 38 heavy (non-hydrogen) atoms. The normalized spacial score (nSPS) is 12.0. The predicted molar refractivity (Wildman–Crippen MR) is 138 cm³/mol. The minimum atomic E-state index is -4.42. The maximum absolute atomic E-state index is 13.0. The number of nitro groups is 1. The van der Waals surface area contributed by atoms with Crippen molar-refractivity contribution in [1.82, 2.24) is 4.57 Å². The molecule has 0 unspecified atom stereocenters. The number of alkyl halides is 3.